The van der Waals surface area contributed by atoms with Crippen molar-refractivity contribution in [3.63, 3.8) is 0 Å². The Morgan fingerprint density at radius 2 is 2.25 bits per heavy atom. The quantitative estimate of drug-likeness (QED) is 0.586. The van der Waals surface area contributed by atoms with Crippen LogP contribution in [0.25, 0.3) is 0 Å². The zero-order valence-corrected chi connectivity index (χ0v) is 12.0. The van der Waals surface area contributed by atoms with Crippen LogP contribution in [0.3, 0.4) is 0 Å². The molecule has 0 unspecified atom stereocenters. The molecule has 0 aliphatic heterocycles. The van der Waals surface area contributed by atoms with E-state index >= 15 is 0 Å². The van der Waals surface area contributed by atoms with Gasteiger partial charge in [0.15, 0.2) is 0 Å². The van der Waals surface area contributed by atoms with Gasteiger partial charge in [0.05, 0.1) is 12.2 Å². The van der Waals surface area contributed by atoms with Crippen molar-refractivity contribution >= 4 is 5.91 Å². The van der Waals surface area contributed by atoms with Gasteiger partial charge in [0.2, 0.25) is 0 Å². The molecule has 0 atom stereocenters. The summed E-state index contributed by atoms with van der Waals surface area (Å²) < 4.78 is 0. The molecule has 5 heteroatoms. The van der Waals surface area contributed by atoms with Crippen LogP contribution in [0.5, 0.6) is 0 Å². The zero-order chi connectivity index (χ0) is 14.8. The summed E-state index contributed by atoms with van der Waals surface area (Å²) >= 11 is 0. The number of aliphatic hydroxyl groups excluding tert-OH is 1. The molecule has 108 valence electrons. The Kier molecular flexibility index (Phi) is 7.33. The van der Waals surface area contributed by atoms with Gasteiger partial charge in [0, 0.05) is 30.9 Å². The molecule has 0 saturated heterocycles. The standard InChI is InChI=1S/C15H21N3O2/c1-18(2)8-5-7-17-15(20)14-10-13(11-16-12-14)6-3-4-9-19/h10-12,19H,4-5,7-9H2,1-2H3,(H,17,20). The third-order valence-electron chi connectivity index (χ3n) is 2.54. The molecule has 0 aliphatic carbocycles. The lowest BCUT2D eigenvalue weighted by molar-refractivity contribution is 0.0952. The van der Waals surface area contributed by atoms with Crippen molar-refractivity contribution in [3.8, 4) is 11.8 Å². The number of rotatable bonds is 6. The number of amides is 1. The van der Waals surface area contributed by atoms with Gasteiger partial charge in [-0.05, 0) is 33.1 Å². The van der Waals surface area contributed by atoms with Gasteiger partial charge in [-0.1, -0.05) is 11.8 Å². The van der Waals surface area contributed by atoms with Crippen molar-refractivity contribution in [1.29, 1.82) is 0 Å². The lowest BCUT2D eigenvalue weighted by Crippen LogP contribution is -2.27. The molecule has 0 bridgehead atoms. The highest BCUT2D eigenvalue weighted by Crippen LogP contribution is 2.01. The van der Waals surface area contributed by atoms with Gasteiger partial charge in [0.25, 0.3) is 5.91 Å². The second-order valence-corrected chi connectivity index (χ2v) is 4.65. The number of carbonyl (C=O) groups excluding carboxylic acids is 1. The van der Waals surface area contributed by atoms with E-state index in [2.05, 4.69) is 27.0 Å². The van der Waals surface area contributed by atoms with Crippen molar-refractivity contribution in [1.82, 2.24) is 15.2 Å². The third kappa shape index (κ3) is 6.32. The Morgan fingerprint density at radius 3 is 2.95 bits per heavy atom. The number of hydrogen-bond acceptors (Lipinski definition) is 4. The molecule has 20 heavy (non-hydrogen) atoms. The smallest absolute Gasteiger partial charge is 0.252 e. The number of hydrogen-bond donors (Lipinski definition) is 2. The molecule has 0 aliphatic rings. The number of aliphatic hydroxyl groups is 1. The normalized spacial score (nSPS) is 10.0. The molecule has 1 heterocycles. The first-order valence-corrected chi connectivity index (χ1v) is 6.61. The van der Waals surface area contributed by atoms with Gasteiger partial charge in [-0.3, -0.25) is 9.78 Å². The average molecular weight is 275 g/mol. The minimum atomic E-state index is -0.137. The van der Waals surface area contributed by atoms with Crippen LogP contribution in [0, 0.1) is 11.8 Å². The van der Waals surface area contributed by atoms with E-state index in [9.17, 15) is 4.79 Å². The largest absolute Gasteiger partial charge is 0.395 e. The van der Waals surface area contributed by atoms with E-state index < -0.39 is 0 Å². The maximum Gasteiger partial charge on any atom is 0.252 e. The first-order chi connectivity index (χ1) is 9.63. The zero-order valence-electron chi connectivity index (χ0n) is 12.0. The van der Waals surface area contributed by atoms with Gasteiger partial charge in [-0.2, -0.15) is 0 Å². The Labute approximate surface area is 120 Å². The summed E-state index contributed by atoms with van der Waals surface area (Å²) in [6.07, 6.45) is 4.45. The molecule has 1 aromatic rings. The third-order valence-corrected chi connectivity index (χ3v) is 2.54. The van der Waals surface area contributed by atoms with Crippen LogP contribution in [0.2, 0.25) is 0 Å². The van der Waals surface area contributed by atoms with E-state index in [1.165, 1.54) is 6.20 Å². The van der Waals surface area contributed by atoms with Crippen LogP contribution >= 0.6 is 0 Å². The van der Waals surface area contributed by atoms with Gasteiger partial charge in [0.1, 0.15) is 0 Å². The summed E-state index contributed by atoms with van der Waals surface area (Å²) in [5.74, 6) is 5.53. The predicted molar refractivity (Wildman–Crippen MR) is 78.3 cm³/mol. The minimum Gasteiger partial charge on any atom is -0.395 e. The van der Waals surface area contributed by atoms with E-state index in [0.29, 0.717) is 24.1 Å². The Balaban J connectivity index is 2.52. The van der Waals surface area contributed by atoms with Gasteiger partial charge in [-0.15, -0.1) is 0 Å². The molecule has 2 N–H and O–H groups in total. The van der Waals surface area contributed by atoms with Crippen LogP contribution in [0.15, 0.2) is 18.5 Å². The summed E-state index contributed by atoms with van der Waals surface area (Å²) in [4.78, 5) is 18.0. The summed E-state index contributed by atoms with van der Waals surface area (Å²) in [7, 11) is 4.00. The number of nitrogens with zero attached hydrogens (tertiary/aromatic N) is 2. The van der Waals surface area contributed by atoms with Crippen molar-refractivity contribution in [2.45, 2.75) is 12.8 Å². The molecule has 5 nitrogen and oxygen atoms in total. The maximum absolute atomic E-state index is 11.9. The van der Waals surface area contributed by atoms with E-state index in [1.54, 1.807) is 12.3 Å². The van der Waals surface area contributed by atoms with E-state index in [4.69, 9.17) is 5.11 Å². The average Bonchev–Trinajstić information content (AvgIpc) is 2.44. The first-order valence-electron chi connectivity index (χ1n) is 6.61. The molecule has 0 radical (unpaired) electrons. The summed E-state index contributed by atoms with van der Waals surface area (Å²) in [6.45, 7) is 1.61. The highest BCUT2D eigenvalue weighted by Gasteiger charge is 2.05. The van der Waals surface area contributed by atoms with Gasteiger partial charge in [-0.25, -0.2) is 0 Å². The SMILES string of the molecule is CN(C)CCCNC(=O)c1cncc(C#CCCO)c1. The number of nitrogens with one attached hydrogen (secondary N) is 1. The fourth-order valence-corrected chi connectivity index (χ4v) is 1.55. The van der Waals surface area contributed by atoms with Gasteiger partial charge >= 0.3 is 0 Å². The minimum absolute atomic E-state index is 0.0342. The van der Waals surface area contributed by atoms with E-state index in [1.807, 2.05) is 14.1 Å². The fourth-order valence-electron chi connectivity index (χ4n) is 1.55. The van der Waals surface area contributed by atoms with Crippen molar-refractivity contribution in [2.24, 2.45) is 0 Å². The van der Waals surface area contributed by atoms with Crippen LogP contribution in [-0.4, -0.2) is 54.7 Å². The van der Waals surface area contributed by atoms with Crippen LogP contribution in [0.4, 0.5) is 0 Å². The number of aromatic nitrogens is 1. The summed E-state index contributed by atoms with van der Waals surface area (Å²) in [5, 5.41) is 11.5. The molecule has 1 rings (SSSR count). The maximum atomic E-state index is 11.9. The molecule has 0 fully saturated rings. The molecule has 0 spiro atoms. The van der Waals surface area contributed by atoms with Crippen LogP contribution < -0.4 is 5.32 Å². The fraction of sp³-hybridized carbons (Fsp3) is 0.467. The van der Waals surface area contributed by atoms with Crippen LogP contribution in [-0.2, 0) is 0 Å². The molecule has 0 aromatic carbocycles. The Hall–Kier alpha value is -1.90. The monoisotopic (exact) mass is 275 g/mol. The number of carbonyl (C=O) groups is 1. The topological polar surface area (TPSA) is 65.5 Å². The number of pyridine rings is 1. The van der Waals surface area contributed by atoms with Crippen molar-refractivity contribution in [3.05, 3.63) is 29.6 Å². The summed E-state index contributed by atoms with van der Waals surface area (Å²) in [5.41, 5.74) is 1.19. The Bertz CT molecular complexity index is 489. The van der Waals surface area contributed by atoms with Crippen LogP contribution in [0.1, 0.15) is 28.8 Å². The second-order valence-electron chi connectivity index (χ2n) is 4.65. The highest BCUT2D eigenvalue weighted by atomic mass is 16.2. The second kappa shape index (κ2) is 9.08. The molecular formula is C15H21N3O2. The predicted octanol–water partition coefficient (Wildman–Crippen LogP) is 0.497. The van der Waals surface area contributed by atoms with Crippen molar-refractivity contribution in [2.75, 3.05) is 33.8 Å². The lowest BCUT2D eigenvalue weighted by atomic mass is 10.2. The molecule has 1 amide bonds. The van der Waals surface area contributed by atoms with Gasteiger partial charge < -0.3 is 15.3 Å². The molecular weight excluding hydrogens is 254 g/mol. The molecule has 1 aromatic heterocycles. The summed E-state index contributed by atoms with van der Waals surface area (Å²) in [6, 6.07) is 1.71. The Morgan fingerprint density at radius 1 is 1.45 bits per heavy atom. The first kappa shape index (κ1) is 16.2. The lowest BCUT2D eigenvalue weighted by Gasteiger charge is -2.09. The van der Waals surface area contributed by atoms with E-state index in [0.717, 1.165) is 13.0 Å². The highest BCUT2D eigenvalue weighted by molar-refractivity contribution is 5.94. The van der Waals surface area contributed by atoms with E-state index in [-0.39, 0.29) is 12.5 Å². The van der Waals surface area contributed by atoms with Crippen molar-refractivity contribution < 1.29 is 9.90 Å². The molecule has 0 saturated carbocycles.